The third-order valence-electron chi connectivity index (χ3n) is 7.84. The van der Waals surface area contributed by atoms with Crippen LogP contribution in [-0.4, -0.2) is 12.5 Å². The molecule has 7 rings (SSSR count). The van der Waals surface area contributed by atoms with E-state index >= 15 is 0 Å². The van der Waals surface area contributed by atoms with Gasteiger partial charge in [0.25, 0.3) is 5.91 Å². The summed E-state index contributed by atoms with van der Waals surface area (Å²) in [4.78, 5) is 12.1. The Kier molecular flexibility index (Phi) is 2.25. The number of hydrogen-bond donors (Lipinski definition) is 1. The molecule has 118 valence electrons. The van der Waals surface area contributed by atoms with Crippen LogP contribution in [0.2, 0.25) is 0 Å². The Morgan fingerprint density at radius 3 is 2.26 bits per heavy atom. The Bertz CT molecular complexity index is 709. The highest BCUT2D eigenvalue weighted by molar-refractivity contribution is 5.94. The van der Waals surface area contributed by atoms with Crippen LogP contribution in [0.5, 0.6) is 0 Å². The maximum atomic E-state index is 12.9. The van der Waals surface area contributed by atoms with Crippen molar-refractivity contribution in [2.24, 2.45) is 47.3 Å². The molecule has 0 aliphatic heterocycles. The Morgan fingerprint density at radius 1 is 1.04 bits per heavy atom. The Balaban J connectivity index is 1.19. The van der Waals surface area contributed by atoms with Crippen molar-refractivity contribution in [2.45, 2.75) is 12.8 Å². The molecule has 23 heavy (non-hydrogen) atoms. The second kappa shape index (κ2) is 4.06. The molecule has 1 aromatic rings. The second-order valence-electron chi connectivity index (χ2n) is 8.25. The van der Waals surface area contributed by atoms with Crippen molar-refractivity contribution < 1.29 is 9.18 Å². The lowest BCUT2D eigenvalue weighted by Gasteiger charge is -2.33. The van der Waals surface area contributed by atoms with Crippen molar-refractivity contribution in [1.29, 1.82) is 0 Å². The summed E-state index contributed by atoms with van der Waals surface area (Å²) in [6.07, 6.45) is 5.32. The maximum absolute atomic E-state index is 12.9. The fourth-order valence-corrected chi connectivity index (χ4v) is 7.62. The van der Waals surface area contributed by atoms with Gasteiger partial charge in [-0.1, -0.05) is 11.6 Å². The first-order valence-corrected chi connectivity index (χ1v) is 8.98. The highest BCUT2D eigenvalue weighted by Crippen LogP contribution is 2.84. The summed E-state index contributed by atoms with van der Waals surface area (Å²) in [6, 6.07) is 5.76. The average Bonchev–Trinajstić information content (AvgIpc) is 3.26. The van der Waals surface area contributed by atoms with Crippen LogP contribution in [0.15, 0.2) is 35.9 Å². The molecule has 6 saturated carbocycles. The van der Waals surface area contributed by atoms with Crippen LogP contribution in [0.4, 0.5) is 4.39 Å². The molecule has 6 aliphatic rings. The second-order valence-corrected chi connectivity index (χ2v) is 8.25. The van der Waals surface area contributed by atoms with E-state index in [2.05, 4.69) is 11.4 Å². The lowest BCUT2D eigenvalue weighted by atomic mass is 9.71. The molecular weight excluding hydrogens is 289 g/mol. The number of allylic oxidation sites excluding steroid dienone is 1. The van der Waals surface area contributed by atoms with Gasteiger partial charge >= 0.3 is 0 Å². The number of amides is 1. The lowest BCUT2D eigenvalue weighted by Crippen LogP contribution is -2.30. The lowest BCUT2D eigenvalue weighted by molar-refractivity contribution is 0.0958. The van der Waals surface area contributed by atoms with Crippen LogP contribution >= 0.6 is 0 Å². The number of benzene rings is 1. The quantitative estimate of drug-likeness (QED) is 0.853. The van der Waals surface area contributed by atoms with Crippen LogP contribution in [0.1, 0.15) is 23.2 Å². The molecular formula is C20H20FNO. The zero-order valence-electron chi connectivity index (χ0n) is 12.9. The predicted octanol–water partition coefficient (Wildman–Crippen LogP) is 3.26. The summed E-state index contributed by atoms with van der Waals surface area (Å²) in [5.74, 6) is 7.38. The number of halogens is 1. The minimum Gasteiger partial charge on any atom is -0.349 e. The van der Waals surface area contributed by atoms with Gasteiger partial charge in [0.1, 0.15) is 5.82 Å². The van der Waals surface area contributed by atoms with E-state index in [1.807, 2.05) is 0 Å². The average molecular weight is 309 g/mol. The molecule has 1 N–H and O–H groups in total. The van der Waals surface area contributed by atoms with Gasteiger partial charge in [-0.3, -0.25) is 4.79 Å². The first-order valence-electron chi connectivity index (χ1n) is 8.98. The molecule has 6 aliphatic carbocycles. The van der Waals surface area contributed by atoms with Crippen molar-refractivity contribution in [3.63, 3.8) is 0 Å². The standard InChI is InChI=1S/C20H20FNO/c21-10-3-1-9(2-4-10)20(23)22-6-5-11-16-14-7-12-13-8-15(18(12)16)17(11)19(13)14/h1-5,12-19H,6-8H2,(H,22,23). The predicted molar refractivity (Wildman–Crippen MR) is 84.0 cm³/mol. The summed E-state index contributed by atoms with van der Waals surface area (Å²) in [6.45, 7) is 0.618. The van der Waals surface area contributed by atoms with E-state index in [9.17, 15) is 9.18 Å². The van der Waals surface area contributed by atoms with Crippen molar-refractivity contribution in [1.82, 2.24) is 5.32 Å². The summed E-state index contributed by atoms with van der Waals surface area (Å²) in [7, 11) is 0. The SMILES string of the molecule is O=C(NCC=C1C2C3CC4C5CC(C1C53)C42)c1ccc(F)cc1. The van der Waals surface area contributed by atoms with E-state index in [1.165, 1.54) is 25.0 Å². The molecule has 1 aromatic carbocycles. The minimum atomic E-state index is -0.306. The van der Waals surface area contributed by atoms with E-state index in [1.54, 1.807) is 17.7 Å². The van der Waals surface area contributed by atoms with Gasteiger partial charge in [-0.25, -0.2) is 4.39 Å². The number of rotatable bonds is 3. The van der Waals surface area contributed by atoms with E-state index in [0.29, 0.717) is 12.1 Å². The number of carbonyl (C=O) groups excluding carboxylic acids is 1. The minimum absolute atomic E-state index is 0.108. The topological polar surface area (TPSA) is 29.1 Å². The first-order chi connectivity index (χ1) is 11.2. The zero-order valence-corrected chi connectivity index (χ0v) is 12.9. The van der Waals surface area contributed by atoms with E-state index < -0.39 is 0 Å². The summed E-state index contributed by atoms with van der Waals surface area (Å²) in [5.41, 5.74) is 2.22. The smallest absolute Gasteiger partial charge is 0.251 e. The Morgan fingerprint density at radius 2 is 1.65 bits per heavy atom. The third-order valence-corrected chi connectivity index (χ3v) is 7.84. The van der Waals surface area contributed by atoms with E-state index in [-0.39, 0.29) is 11.7 Å². The van der Waals surface area contributed by atoms with Gasteiger partial charge in [0, 0.05) is 12.1 Å². The fraction of sp³-hybridized carbons (Fsp3) is 0.550. The van der Waals surface area contributed by atoms with Crippen LogP contribution in [0.25, 0.3) is 0 Å². The van der Waals surface area contributed by atoms with Crippen LogP contribution < -0.4 is 5.32 Å². The highest BCUT2D eigenvalue weighted by atomic mass is 19.1. The molecule has 8 unspecified atom stereocenters. The van der Waals surface area contributed by atoms with Gasteiger partial charge in [0.15, 0.2) is 0 Å². The van der Waals surface area contributed by atoms with Gasteiger partial charge in [0.2, 0.25) is 0 Å². The molecule has 0 radical (unpaired) electrons. The molecule has 0 aromatic heterocycles. The largest absolute Gasteiger partial charge is 0.349 e. The van der Waals surface area contributed by atoms with Crippen LogP contribution in [-0.2, 0) is 0 Å². The van der Waals surface area contributed by atoms with Crippen molar-refractivity contribution in [2.75, 3.05) is 6.54 Å². The molecule has 0 heterocycles. The summed E-state index contributed by atoms with van der Waals surface area (Å²) >= 11 is 0. The normalized spacial score (nSPS) is 46.4. The molecule has 2 nitrogen and oxygen atoms in total. The zero-order chi connectivity index (χ0) is 15.3. The van der Waals surface area contributed by atoms with E-state index in [4.69, 9.17) is 0 Å². The summed E-state index contributed by atoms with van der Waals surface area (Å²) < 4.78 is 12.9. The summed E-state index contributed by atoms with van der Waals surface area (Å²) in [5, 5.41) is 2.98. The van der Waals surface area contributed by atoms with Gasteiger partial charge < -0.3 is 5.32 Å². The van der Waals surface area contributed by atoms with Crippen LogP contribution in [0.3, 0.4) is 0 Å². The Hall–Kier alpha value is -1.64. The molecule has 6 fully saturated rings. The van der Waals surface area contributed by atoms with Crippen molar-refractivity contribution in [3.8, 4) is 0 Å². The van der Waals surface area contributed by atoms with Gasteiger partial charge in [-0.05, 0) is 84.5 Å². The monoisotopic (exact) mass is 309 g/mol. The molecule has 6 bridgehead atoms. The Labute approximate surface area is 135 Å². The van der Waals surface area contributed by atoms with Gasteiger partial charge in [-0.15, -0.1) is 0 Å². The number of nitrogens with one attached hydrogen (secondary N) is 1. The first kappa shape index (κ1) is 12.7. The third kappa shape index (κ3) is 1.39. The number of hydrogen-bond acceptors (Lipinski definition) is 1. The van der Waals surface area contributed by atoms with Crippen LogP contribution in [0, 0.1) is 53.2 Å². The molecule has 0 spiro atoms. The van der Waals surface area contributed by atoms with Crippen molar-refractivity contribution >= 4 is 5.91 Å². The molecule has 8 atom stereocenters. The highest BCUT2D eigenvalue weighted by Gasteiger charge is 2.78. The number of carbonyl (C=O) groups is 1. The van der Waals surface area contributed by atoms with Gasteiger partial charge in [-0.2, -0.15) is 0 Å². The van der Waals surface area contributed by atoms with Crippen molar-refractivity contribution in [3.05, 3.63) is 47.3 Å². The van der Waals surface area contributed by atoms with E-state index in [0.717, 1.165) is 47.3 Å². The molecule has 1 amide bonds. The van der Waals surface area contributed by atoms with Gasteiger partial charge in [0.05, 0.1) is 0 Å². The fourth-order valence-electron chi connectivity index (χ4n) is 7.62. The maximum Gasteiger partial charge on any atom is 0.251 e. The molecule has 0 saturated heterocycles. The molecule has 3 heteroatoms.